The highest BCUT2D eigenvalue weighted by Gasteiger charge is 2.92. The molecule has 14 heteroatoms. The molecule has 1 aromatic rings. The number of carbonyl (C=O) groups is 4. The number of nitrogens with zero attached hydrogens (tertiary/aromatic N) is 1. The van der Waals surface area contributed by atoms with E-state index >= 15 is 0 Å². The third-order valence-electron chi connectivity index (χ3n) is 14.6. The van der Waals surface area contributed by atoms with Gasteiger partial charge in [0.05, 0.1) is 48.1 Å². The molecule has 0 radical (unpaired) electrons. The van der Waals surface area contributed by atoms with Crippen molar-refractivity contribution in [1.29, 1.82) is 0 Å². The second kappa shape index (κ2) is 13.8. The molecule has 1 saturated heterocycles. The van der Waals surface area contributed by atoms with Gasteiger partial charge in [0, 0.05) is 75.2 Å². The molecule has 1 aromatic carbocycles. The quantitative estimate of drug-likeness (QED) is 0.215. The van der Waals surface area contributed by atoms with Crippen LogP contribution in [-0.2, 0) is 38.1 Å². The molecule has 2 amide bonds. The van der Waals surface area contributed by atoms with Crippen molar-refractivity contribution in [3.05, 3.63) is 29.8 Å². The normalized spacial score (nSPS) is 42.0. The molecule has 14 nitrogen and oxygen atoms in total. The minimum absolute atomic E-state index is 0.0134. The number of anilines is 1. The fourth-order valence-corrected chi connectivity index (χ4v) is 12.7. The number of nitrogens with one attached hydrogen (secondary N) is 1. The predicted octanol–water partition coefficient (Wildman–Crippen LogP) is 2.14. The van der Waals surface area contributed by atoms with Crippen molar-refractivity contribution in [2.75, 3.05) is 46.3 Å². The summed E-state index contributed by atoms with van der Waals surface area (Å²) in [7, 11) is 4.87. The number of rotatable bonds is 13. The number of methoxy groups -OCH3 is 3. The molecule has 5 saturated carbocycles. The van der Waals surface area contributed by atoms with Crippen LogP contribution < -0.4 is 11.1 Å². The highest BCUT2D eigenvalue weighted by molar-refractivity contribution is 6.02. The molecule has 7 bridgehead atoms. The van der Waals surface area contributed by atoms with Gasteiger partial charge in [-0.25, -0.2) is 4.79 Å². The minimum Gasteiger partial charge on any atom is -0.461 e. The van der Waals surface area contributed by atoms with Gasteiger partial charge in [0.15, 0.2) is 0 Å². The highest BCUT2D eigenvalue weighted by Crippen LogP contribution is 2.80. The number of fused-ring (bicyclic) bond motifs is 2. The fourth-order valence-electron chi connectivity index (χ4n) is 12.7. The number of likely N-dealkylation sites (tertiary alicyclic amines) is 1. The van der Waals surface area contributed by atoms with Crippen LogP contribution in [0.25, 0.3) is 0 Å². The number of primary amides is 1. The van der Waals surface area contributed by atoms with Crippen molar-refractivity contribution in [2.45, 2.75) is 101 Å². The number of esters is 2. The van der Waals surface area contributed by atoms with Gasteiger partial charge in [-0.05, 0) is 43.9 Å². The Kier molecular flexibility index (Phi) is 10.00. The summed E-state index contributed by atoms with van der Waals surface area (Å²) < 4.78 is 31.5. The summed E-state index contributed by atoms with van der Waals surface area (Å²) in [4.78, 5) is 53.9. The van der Waals surface area contributed by atoms with Crippen LogP contribution in [0.3, 0.4) is 0 Å². The van der Waals surface area contributed by atoms with Gasteiger partial charge >= 0.3 is 11.9 Å². The largest absolute Gasteiger partial charge is 0.461 e. The van der Waals surface area contributed by atoms with Crippen LogP contribution in [0, 0.1) is 46.3 Å². The van der Waals surface area contributed by atoms with E-state index in [4.69, 9.17) is 29.4 Å². The average molecular weight is 756 g/mol. The van der Waals surface area contributed by atoms with E-state index in [0.29, 0.717) is 32.4 Å². The molecule has 7 rings (SSSR count). The predicted molar refractivity (Wildman–Crippen MR) is 194 cm³/mol. The first kappa shape index (κ1) is 39.1. The molecule has 1 aliphatic heterocycles. The second-order valence-electron chi connectivity index (χ2n) is 17.2. The Morgan fingerprint density at radius 3 is 2.41 bits per heavy atom. The van der Waals surface area contributed by atoms with Crippen LogP contribution >= 0.6 is 0 Å². The number of carbonyl (C=O) groups excluding carboxylic acids is 4. The Morgan fingerprint density at radius 1 is 1.06 bits per heavy atom. The third kappa shape index (κ3) is 5.19. The zero-order valence-corrected chi connectivity index (χ0v) is 32.4. The lowest BCUT2D eigenvalue weighted by atomic mass is 9.42. The summed E-state index contributed by atoms with van der Waals surface area (Å²) in [5.41, 5.74) is 0.695. The molecule has 14 atom stereocenters. The van der Waals surface area contributed by atoms with Gasteiger partial charge in [-0.3, -0.25) is 19.3 Å². The van der Waals surface area contributed by atoms with Crippen molar-refractivity contribution in [1.82, 2.24) is 4.90 Å². The lowest BCUT2D eigenvalue weighted by Gasteiger charge is -2.70. The van der Waals surface area contributed by atoms with Crippen LogP contribution in [0.2, 0.25) is 0 Å². The third-order valence-corrected chi connectivity index (χ3v) is 14.6. The molecule has 1 heterocycles. The molecular weight excluding hydrogens is 698 g/mol. The summed E-state index contributed by atoms with van der Waals surface area (Å²) in [6.45, 7) is 8.17. The molecule has 5 aliphatic carbocycles. The topological polar surface area (TPSA) is 196 Å². The average Bonchev–Trinajstić information content (AvgIpc) is 3.54. The Morgan fingerprint density at radius 2 is 1.78 bits per heavy atom. The van der Waals surface area contributed by atoms with E-state index < -0.39 is 81.9 Å². The summed E-state index contributed by atoms with van der Waals surface area (Å²) in [5, 5.41) is 29.7. The monoisotopic (exact) mass is 755 g/mol. The lowest BCUT2D eigenvalue weighted by Crippen LogP contribution is -2.82. The van der Waals surface area contributed by atoms with Crippen LogP contribution in [0.4, 0.5) is 5.69 Å². The van der Waals surface area contributed by atoms with Gasteiger partial charge in [-0.2, -0.15) is 0 Å². The first-order chi connectivity index (χ1) is 25.6. The zero-order chi connectivity index (χ0) is 39.1. The molecule has 298 valence electrons. The fraction of sp³-hybridized carbons (Fsp3) is 0.750. The minimum atomic E-state index is -1.83. The Labute approximate surface area is 316 Å². The number of nitrogens with two attached hydrogens (primary N) is 1. The summed E-state index contributed by atoms with van der Waals surface area (Å²) in [5.74, 6) is -4.60. The number of likely N-dealkylation sites (N-methyl/N-ethyl adjacent to an activating group) is 1. The van der Waals surface area contributed by atoms with E-state index in [1.54, 1.807) is 66.4 Å². The number of hydrogen-bond donors (Lipinski definition) is 4. The maximum atomic E-state index is 14.0. The first-order valence-corrected chi connectivity index (χ1v) is 19.4. The zero-order valence-electron chi connectivity index (χ0n) is 32.4. The molecule has 6 fully saturated rings. The van der Waals surface area contributed by atoms with E-state index in [9.17, 15) is 29.4 Å². The standard InChI is InChI=1S/C40H57N3O11/c1-8-43-18-37(19-53-35(47)22-11-9-10-12-25(22)42-28(44)15-21(4)33(41)45)14-13-27(51-6)39-24-16-23-26(50-5)17-38(48,29(24)30(23)54-34(46)20(2)3)40(49,36(39)43)32(52-7)31(37)39/h9-12,20-21,23-24,26-27,29-32,36,48-49H,8,13-19H2,1-7H3,(H2,41,45)(H,42,44)/t21-,23?,24-,26+,27+,29-,30+,31-,32+,36+,37+,38-,39+,40-/m1/s1. The van der Waals surface area contributed by atoms with Gasteiger partial charge < -0.3 is 44.9 Å². The van der Waals surface area contributed by atoms with Gasteiger partial charge in [0.1, 0.15) is 17.3 Å². The molecule has 1 unspecified atom stereocenters. The van der Waals surface area contributed by atoms with Gasteiger partial charge in [0.25, 0.3) is 0 Å². The van der Waals surface area contributed by atoms with Crippen molar-refractivity contribution >= 4 is 29.4 Å². The maximum Gasteiger partial charge on any atom is 0.340 e. The number of piperidine rings is 1. The van der Waals surface area contributed by atoms with Crippen molar-refractivity contribution in [2.24, 2.45) is 52.1 Å². The molecular formula is C40H57N3O11. The van der Waals surface area contributed by atoms with Crippen LogP contribution in [0.1, 0.15) is 70.2 Å². The van der Waals surface area contributed by atoms with Gasteiger partial charge in [-0.15, -0.1) is 0 Å². The molecule has 54 heavy (non-hydrogen) atoms. The Hall–Kier alpha value is -3.14. The SMILES string of the molecule is CCN1C[C@]2(COC(=O)c3ccccc3NC(=O)C[C@@H](C)C(N)=O)CC[C@H](OC)[C@@]34[C@@H]5CC6[C@@H](OC)C[C@@](O)([C@H]5[C@H]6OC(=O)C(C)C)[C@@](O)([C@@H](OC)[C@H]23)[C@@H]14. The van der Waals surface area contributed by atoms with E-state index in [0.717, 1.165) is 0 Å². The summed E-state index contributed by atoms with van der Waals surface area (Å²) in [6, 6.07) is 5.99. The van der Waals surface area contributed by atoms with Crippen molar-refractivity contribution < 1.29 is 53.1 Å². The summed E-state index contributed by atoms with van der Waals surface area (Å²) >= 11 is 0. The number of para-hydroxylation sites is 1. The number of hydrogen-bond acceptors (Lipinski definition) is 12. The van der Waals surface area contributed by atoms with Crippen LogP contribution in [0.5, 0.6) is 0 Å². The molecule has 0 aromatic heterocycles. The van der Waals surface area contributed by atoms with Crippen LogP contribution in [-0.4, -0.2) is 122 Å². The number of aliphatic hydroxyl groups is 2. The smallest absolute Gasteiger partial charge is 0.340 e. The number of amides is 2. The lowest BCUT2D eigenvalue weighted by molar-refractivity contribution is -0.319. The van der Waals surface area contributed by atoms with E-state index in [2.05, 4.69) is 10.2 Å². The van der Waals surface area contributed by atoms with E-state index in [1.165, 1.54) is 0 Å². The maximum absolute atomic E-state index is 14.0. The van der Waals surface area contributed by atoms with Crippen molar-refractivity contribution in [3.8, 4) is 0 Å². The Balaban J connectivity index is 1.29. The first-order valence-electron chi connectivity index (χ1n) is 19.4. The van der Waals surface area contributed by atoms with E-state index in [1.807, 2.05) is 6.92 Å². The Bertz CT molecular complexity index is 1670. The van der Waals surface area contributed by atoms with E-state index in [-0.39, 0.29) is 60.5 Å². The van der Waals surface area contributed by atoms with Crippen molar-refractivity contribution in [3.63, 3.8) is 0 Å². The summed E-state index contributed by atoms with van der Waals surface area (Å²) in [6.07, 6.45) is -0.566. The number of benzene rings is 1. The second-order valence-corrected chi connectivity index (χ2v) is 17.2. The number of ether oxygens (including phenoxy) is 5. The molecule has 5 N–H and O–H groups in total. The van der Waals surface area contributed by atoms with Gasteiger partial charge in [-0.1, -0.05) is 39.8 Å². The molecule has 1 spiro atoms. The van der Waals surface area contributed by atoms with Gasteiger partial charge in [0.2, 0.25) is 11.8 Å². The molecule has 6 aliphatic rings. The highest BCUT2D eigenvalue weighted by atomic mass is 16.6. The van der Waals surface area contributed by atoms with Crippen LogP contribution in [0.15, 0.2) is 24.3 Å².